The molecule has 0 fully saturated rings. The van der Waals surface area contributed by atoms with Crippen LogP contribution in [0.2, 0.25) is 0 Å². The topological polar surface area (TPSA) is 75.3 Å². The number of carbonyl (C=O) groups is 1. The third-order valence-corrected chi connectivity index (χ3v) is 2.48. The summed E-state index contributed by atoms with van der Waals surface area (Å²) in [5.41, 5.74) is 7.77. The van der Waals surface area contributed by atoms with Gasteiger partial charge in [0.25, 0.3) is 0 Å². The number of likely N-dealkylation sites (N-methyl/N-ethyl adjacent to an activating group) is 1. The summed E-state index contributed by atoms with van der Waals surface area (Å²) in [5.74, 6) is -0.937. The maximum absolute atomic E-state index is 10.9. The van der Waals surface area contributed by atoms with Gasteiger partial charge < -0.3 is 16.2 Å². The Morgan fingerprint density at radius 1 is 1.47 bits per heavy atom. The molecule has 82 valence electrons. The van der Waals surface area contributed by atoms with Crippen molar-refractivity contribution in [2.45, 2.75) is 19.0 Å². The first-order valence-electron chi connectivity index (χ1n) is 4.79. The smallest absolute Gasteiger partial charge is 0.322 e. The molecule has 0 saturated heterocycles. The van der Waals surface area contributed by atoms with Crippen LogP contribution >= 0.6 is 0 Å². The highest BCUT2D eigenvalue weighted by molar-refractivity contribution is 5.74. The van der Waals surface area contributed by atoms with Gasteiger partial charge in [-0.05, 0) is 25.1 Å². The third kappa shape index (κ3) is 2.55. The number of carboxylic acids is 1. The summed E-state index contributed by atoms with van der Waals surface area (Å²) in [6.07, 6.45) is 0. The second kappa shape index (κ2) is 4.91. The molecule has 0 aliphatic carbocycles. The molecule has 0 amide bonds. The number of nitrogens with one attached hydrogen (secondary N) is 1. The largest absolute Gasteiger partial charge is 0.480 e. The van der Waals surface area contributed by atoms with E-state index in [9.17, 15) is 4.79 Å². The van der Waals surface area contributed by atoms with Crippen LogP contribution in [0, 0.1) is 6.92 Å². The Hall–Kier alpha value is -1.39. The molecule has 1 aromatic carbocycles. The summed E-state index contributed by atoms with van der Waals surface area (Å²) in [7, 11) is 1.59. The van der Waals surface area contributed by atoms with Gasteiger partial charge in [-0.3, -0.25) is 4.79 Å². The molecule has 1 aromatic rings. The van der Waals surface area contributed by atoms with Gasteiger partial charge in [-0.2, -0.15) is 0 Å². The first kappa shape index (κ1) is 11.7. The fraction of sp³-hybridized carbons (Fsp3) is 0.364. The number of rotatable bonds is 4. The van der Waals surface area contributed by atoms with E-state index < -0.39 is 18.1 Å². The molecule has 15 heavy (non-hydrogen) atoms. The molecule has 0 aliphatic rings. The van der Waals surface area contributed by atoms with Crippen molar-refractivity contribution in [2.24, 2.45) is 5.73 Å². The van der Waals surface area contributed by atoms with Crippen molar-refractivity contribution < 1.29 is 9.90 Å². The molecule has 0 aliphatic heterocycles. The molecule has 4 nitrogen and oxygen atoms in total. The number of nitrogens with two attached hydrogens (primary N) is 1. The summed E-state index contributed by atoms with van der Waals surface area (Å²) in [6, 6.07) is 6.24. The molecular weight excluding hydrogens is 192 g/mol. The third-order valence-electron chi connectivity index (χ3n) is 2.48. The summed E-state index contributed by atoms with van der Waals surface area (Å²) in [6.45, 7) is 1.92. The van der Waals surface area contributed by atoms with E-state index in [1.54, 1.807) is 7.05 Å². The van der Waals surface area contributed by atoms with Gasteiger partial charge >= 0.3 is 5.97 Å². The highest BCUT2D eigenvalue weighted by Gasteiger charge is 2.25. The van der Waals surface area contributed by atoms with Crippen LogP contribution in [-0.4, -0.2) is 24.2 Å². The average molecular weight is 208 g/mol. The van der Waals surface area contributed by atoms with Gasteiger partial charge in [0.2, 0.25) is 0 Å². The highest BCUT2D eigenvalue weighted by Crippen LogP contribution is 2.18. The molecule has 4 heteroatoms. The van der Waals surface area contributed by atoms with Crippen molar-refractivity contribution in [3.05, 3.63) is 35.4 Å². The van der Waals surface area contributed by atoms with Crippen molar-refractivity contribution >= 4 is 5.97 Å². The Bertz CT molecular complexity index is 352. The van der Waals surface area contributed by atoms with E-state index in [1.807, 2.05) is 31.2 Å². The van der Waals surface area contributed by atoms with Gasteiger partial charge in [0.1, 0.15) is 6.04 Å². The van der Waals surface area contributed by atoms with Crippen LogP contribution in [-0.2, 0) is 4.79 Å². The Morgan fingerprint density at radius 2 is 2.07 bits per heavy atom. The Kier molecular flexibility index (Phi) is 3.82. The molecule has 0 heterocycles. The Morgan fingerprint density at radius 3 is 2.53 bits per heavy atom. The minimum absolute atomic E-state index is 0.534. The molecule has 1 rings (SSSR count). The van der Waals surface area contributed by atoms with Crippen LogP contribution < -0.4 is 11.1 Å². The van der Waals surface area contributed by atoms with E-state index in [0.29, 0.717) is 0 Å². The molecule has 2 unspecified atom stereocenters. The fourth-order valence-corrected chi connectivity index (χ4v) is 1.60. The number of carboxylic acid groups (broad SMARTS) is 1. The molecule has 0 spiro atoms. The lowest BCUT2D eigenvalue weighted by Crippen LogP contribution is -2.43. The zero-order chi connectivity index (χ0) is 11.4. The summed E-state index contributed by atoms with van der Waals surface area (Å²) in [5, 5.41) is 11.7. The SMILES string of the molecule is CNC(C(=O)O)C(N)c1ccccc1C. The minimum atomic E-state index is -0.937. The van der Waals surface area contributed by atoms with Crippen molar-refractivity contribution in [3.63, 3.8) is 0 Å². The number of hydrogen-bond acceptors (Lipinski definition) is 3. The van der Waals surface area contributed by atoms with Crippen molar-refractivity contribution in [3.8, 4) is 0 Å². The first-order valence-corrected chi connectivity index (χ1v) is 4.79. The maximum atomic E-state index is 10.9. The minimum Gasteiger partial charge on any atom is -0.480 e. The van der Waals surface area contributed by atoms with Crippen LogP contribution in [0.4, 0.5) is 0 Å². The maximum Gasteiger partial charge on any atom is 0.322 e. The second-order valence-electron chi connectivity index (χ2n) is 3.49. The molecule has 2 atom stereocenters. The lowest BCUT2D eigenvalue weighted by atomic mass is 9.96. The predicted octanol–water partition coefficient (Wildman–Crippen LogP) is 0.667. The molecular formula is C11H16N2O2. The van der Waals surface area contributed by atoms with Crippen molar-refractivity contribution in [1.82, 2.24) is 5.32 Å². The van der Waals surface area contributed by atoms with E-state index in [4.69, 9.17) is 10.8 Å². The van der Waals surface area contributed by atoms with Gasteiger partial charge in [0.15, 0.2) is 0 Å². The van der Waals surface area contributed by atoms with Crippen LogP contribution in [0.15, 0.2) is 24.3 Å². The van der Waals surface area contributed by atoms with E-state index in [0.717, 1.165) is 11.1 Å². The average Bonchev–Trinajstić information content (AvgIpc) is 2.18. The number of aliphatic carboxylic acids is 1. The molecule has 0 radical (unpaired) electrons. The van der Waals surface area contributed by atoms with Gasteiger partial charge in [0, 0.05) is 0 Å². The second-order valence-corrected chi connectivity index (χ2v) is 3.49. The monoisotopic (exact) mass is 208 g/mol. The molecule has 0 bridgehead atoms. The fourth-order valence-electron chi connectivity index (χ4n) is 1.60. The van der Waals surface area contributed by atoms with Gasteiger partial charge in [0.05, 0.1) is 6.04 Å². The Labute approximate surface area is 89.1 Å². The van der Waals surface area contributed by atoms with E-state index in [-0.39, 0.29) is 0 Å². The summed E-state index contributed by atoms with van der Waals surface area (Å²) < 4.78 is 0. The predicted molar refractivity (Wildman–Crippen MR) is 58.6 cm³/mol. The van der Waals surface area contributed by atoms with Gasteiger partial charge in [-0.25, -0.2) is 0 Å². The van der Waals surface area contributed by atoms with Crippen LogP contribution in [0.1, 0.15) is 17.2 Å². The van der Waals surface area contributed by atoms with Crippen LogP contribution in [0.25, 0.3) is 0 Å². The molecule has 0 aromatic heterocycles. The lowest BCUT2D eigenvalue weighted by Gasteiger charge is -2.21. The molecule has 4 N–H and O–H groups in total. The van der Waals surface area contributed by atoms with Gasteiger partial charge in [-0.1, -0.05) is 24.3 Å². The normalized spacial score (nSPS) is 14.6. The molecule has 0 saturated carbocycles. The number of benzene rings is 1. The van der Waals surface area contributed by atoms with Crippen molar-refractivity contribution in [2.75, 3.05) is 7.05 Å². The van der Waals surface area contributed by atoms with E-state index in [2.05, 4.69) is 5.32 Å². The summed E-state index contributed by atoms with van der Waals surface area (Å²) in [4.78, 5) is 10.9. The lowest BCUT2D eigenvalue weighted by molar-refractivity contribution is -0.139. The van der Waals surface area contributed by atoms with Crippen LogP contribution in [0.5, 0.6) is 0 Å². The number of aryl methyl sites for hydroxylation is 1. The first-order chi connectivity index (χ1) is 7.07. The van der Waals surface area contributed by atoms with Crippen LogP contribution in [0.3, 0.4) is 0 Å². The zero-order valence-electron chi connectivity index (χ0n) is 8.90. The Balaban J connectivity index is 2.97. The standard InChI is InChI=1S/C11H16N2O2/c1-7-5-3-4-6-8(7)9(12)10(13-2)11(14)15/h3-6,9-10,13H,12H2,1-2H3,(H,14,15). The van der Waals surface area contributed by atoms with Crippen molar-refractivity contribution in [1.29, 1.82) is 0 Å². The zero-order valence-corrected chi connectivity index (χ0v) is 8.90. The van der Waals surface area contributed by atoms with E-state index >= 15 is 0 Å². The van der Waals surface area contributed by atoms with E-state index in [1.165, 1.54) is 0 Å². The summed E-state index contributed by atoms with van der Waals surface area (Å²) >= 11 is 0. The highest BCUT2D eigenvalue weighted by atomic mass is 16.4. The van der Waals surface area contributed by atoms with Gasteiger partial charge in [-0.15, -0.1) is 0 Å². The quantitative estimate of drug-likeness (QED) is 0.679. The number of hydrogen-bond donors (Lipinski definition) is 3.